The van der Waals surface area contributed by atoms with E-state index in [0.717, 1.165) is 17.0 Å². The number of nitrogens with zero attached hydrogens (tertiary/aromatic N) is 2. The summed E-state index contributed by atoms with van der Waals surface area (Å²) in [5, 5.41) is 7.83. The highest BCUT2D eigenvalue weighted by Gasteiger charge is 1.99. The highest BCUT2D eigenvalue weighted by molar-refractivity contribution is 6.16. The van der Waals surface area contributed by atoms with E-state index in [4.69, 9.17) is 21.1 Å². The van der Waals surface area contributed by atoms with Crippen LogP contribution in [-0.2, 0) is 12.5 Å². The Hall–Kier alpha value is -1.81. The first-order valence-electron chi connectivity index (χ1n) is 5.46. The van der Waals surface area contributed by atoms with Gasteiger partial charge in [-0.25, -0.2) is 0 Å². The van der Waals surface area contributed by atoms with Crippen LogP contribution in [0.3, 0.4) is 0 Å². The van der Waals surface area contributed by atoms with Crippen molar-refractivity contribution in [2.75, 3.05) is 7.11 Å². The lowest BCUT2D eigenvalue weighted by Gasteiger charge is -2.05. The zero-order valence-corrected chi connectivity index (χ0v) is 10.7. The number of hydrogen-bond acceptors (Lipinski definition) is 4. The van der Waals surface area contributed by atoms with Crippen molar-refractivity contribution in [3.63, 3.8) is 0 Å². The summed E-state index contributed by atoms with van der Waals surface area (Å²) in [4.78, 5) is 0. The van der Waals surface area contributed by atoms with Gasteiger partial charge in [-0.1, -0.05) is 12.1 Å². The fourth-order valence-electron chi connectivity index (χ4n) is 1.37. The van der Waals surface area contributed by atoms with Crippen molar-refractivity contribution in [1.82, 2.24) is 10.2 Å². The second-order valence-electron chi connectivity index (χ2n) is 3.63. The normalized spacial score (nSPS) is 10.1. The molecule has 1 heterocycles. The monoisotopic (exact) mass is 264 g/mol. The third-order valence-electron chi connectivity index (χ3n) is 2.38. The SMILES string of the molecule is COc1ccc(COc2ccc(CCl)nn2)cc1. The second-order valence-corrected chi connectivity index (χ2v) is 3.90. The van der Waals surface area contributed by atoms with E-state index in [2.05, 4.69) is 10.2 Å². The molecule has 0 unspecified atom stereocenters. The quantitative estimate of drug-likeness (QED) is 0.779. The number of alkyl halides is 1. The molecule has 1 aromatic heterocycles. The van der Waals surface area contributed by atoms with Crippen LogP contribution in [-0.4, -0.2) is 17.3 Å². The Balaban J connectivity index is 1.93. The van der Waals surface area contributed by atoms with Crippen LogP contribution in [0, 0.1) is 0 Å². The average molecular weight is 265 g/mol. The minimum absolute atomic E-state index is 0.353. The van der Waals surface area contributed by atoms with Gasteiger partial charge in [0.25, 0.3) is 0 Å². The summed E-state index contributed by atoms with van der Waals surface area (Å²) in [5.41, 5.74) is 1.77. The number of halogens is 1. The minimum Gasteiger partial charge on any atom is -0.497 e. The Kier molecular flexibility index (Phi) is 4.36. The average Bonchev–Trinajstić information content (AvgIpc) is 2.46. The lowest BCUT2D eigenvalue weighted by Crippen LogP contribution is -1.99. The Labute approximate surface area is 111 Å². The molecule has 0 N–H and O–H groups in total. The topological polar surface area (TPSA) is 44.2 Å². The highest BCUT2D eigenvalue weighted by Crippen LogP contribution is 2.13. The Morgan fingerprint density at radius 1 is 1.06 bits per heavy atom. The lowest BCUT2D eigenvalue weighted by molar-refractivity contribution is 0.289. The van der Waals surface area contributed by atoms with Gasteiger partial charge in [0.1, 0.15) is 12.4 Å². The molecule has 0 saturated heterocycles. The van der Waals surface area contributed by atoms with Crippen LogP contribution in [0.5, 0.6) is 11.6 Å². The zero-order valence-electron chi connectivity index (χ0n) is 9.97. The number of rotatable bonds is 5. The largest absolute Gasteiger partial charge is 0.497 e. The number of benzene rings is 1. The minimum atomic E-state index is 0.353. The Morgan fingerprint density at radius 2 is 1.83 bits per heavy atom. The molecule has 0 amide bonds. The van der Waals surface area contributed by atoms with Gasteiger partial charge in [-0.05, 0) is 23.8 Å². The van der Waals surface area contributed by atoms with E-state index in [1.165, 1.54) is 0 Å². The zero-order chi connectivity index (χ0) is 12.8. The molecule has 5 heteroatoms. The summed E-state index contributed by atoms with van der Waals surface area (Å²) >= 11 is 5.63. The summed E-state index contributed by atoms with van der Waals surface area (Å²) in [6.07, 6.45) is 0. The van der Waals surface area contributed by atoms with Crippen LogP contribution >= 0.6 is 11.6 Å². The van der Waals surface area contributed by atoms with Crippen molar-refractivity contribution in [3.05, 3.63) is 47.7 Å². The molecule has 4 nitrogen and oxygen atoms in total. The van der Waals surface area contributed by atoms with E-state index in [0.29, 0.717) is 18.4 Å². The maximum absolute atomic E-state index is 5.63. The van der Waals surface area contributed by atoms with Gasteiger partial charge in [0.2, 0.25) is 5.88 Å². The van der Waals surface area contributed by atoms with Gasteiger partial charge >= 0.3 is 0 Å². The van der Waals surface area contributed by atoms with Gasteiger partial charge < -0.3 is 9.47 Å². The summed E-state index contributed by atoms with van der Waals surface area (Å²) < 4.78 is 10.6. The van der Waals surface area contributed by atoms with Gasteiger partial charge in [0.15, 0.2) is 0 Å². The molecule has 2 rings (SSSR count). The van der Waals surface area contributed by atoms with Crippen LogP contribution in [0.15, 0.2) is 36.4 Å². The fourth-order valence-corrected chi connectivity index (χ4v) is 1.52. The van der Waals surface area contributed by atoms with Crippen LogP contribution in [0.25, 0.3) is 0 Å². The lowest BCUT2D eigenvalue weighted by atomic mass is 10.2. The van der Waals surface area contributed by atoms with Crippen molar-refractivity contribution < 1.29 is 9.47 Å². The van der Waals surface area contributed by atoms with Gasteiger partial charge in [-0.2, -0.15) is 5.10 Å². The van der Waals surface area contributed by atoms with Crippen LogP contribution in [0.1, 0.15) is 11.3 Å². The molecule has 18 heavy (non-hydrogen) atoms. The van der Waals surface area contributed by atoms with Gasteiger partial charge in [0, 0.05) is 6.07 Å². The predicted molar refractivity (Wildman–Crippen MR) is 68.9 cm³/mol. The molecular weight excluding hydrogens is 252 g/mol. The molecular formula is C13H13ClN2O2. The molecule has 2 aromatic rings. The maximum atomic E-state index is 5.63. The summed E-state index contributed by atoms with van der Waals surface area (Å²) in [6, 6.07) is 11.2. The molecule has 0 spiro atoms. The van der Waals surface area contributed by atoms with Crippen molar-refractivity contribution in [2.24, 2.45) is 0 Å². The van der Waals surface area contributed by atoms with Crippen molar-refractivity contribution in [3.8, 4) is 11.6 Å². The predicted octanol–water partition coefficient (Wildman–Crippen LogP) is 2.80. The van der Waals surface area contributed by atoms with Crippen molar-refractivity contribution in [1.29, 1.82) is 0 Å². The second kappa shape index (κ2) is 6.21. The van der Waals surface area contributed by atoms with Gasteiger partial charge in [0.05, 0.1) is 18.7 Å². The van der Waals surface area contributed by atoms with Crippen LogP contribution in [0.4, 0.5) is 0 Å². The van der Waals surface area contributed by atoms with E-state index in [1.807, 2.05) is 24.3 Å². The number of ether oxygens (including phenoxy) is 2. The molecule has 1 aromatic carbocycles. The first kappa shape index (κ1) is 12.6. The summed E-state index contributed by atoms with van der Waals surface area (Å²) in [5.74, 6) is 1.66. The molecule has 0 fully saturated rings. The molecule has 0 atom stereocenters. The van der Waals surface area contributed by atoms with E-state index in [-0.39, 0.29) is 0 Å². The highest BCUT2D eigenvalue weighted by atomic mass is 35.5. The molecule has 0 aliphatic carbocycles. The van der Waals surface area contributed by atoms with E-state index in [1.54, 1.807) is 19.2 Å². The Morgan fingerprint density at radius 3 is 2.39 bits per heavy atom. The smallest absolute Gasteiger partial charge is 0.233 e. The molecule has 94 valence electrons. The van der Waals surface area contributed by atoms with Crippen LogP contribution in [0.2, 0.25) is 0 Å². The number of hydrogen-bond donors (Lipinski definition) is 0. The van der Waals surface area contributed by atoms with Crippen molar-refractivity contribution in [2.45, 2.75) is 12.5 Å². The summed E-state index contributed by atoms with van der Waals surface area (Å²) in [6.45, 7) is 0.443. The molecule has 0 saturated carbocycles. The molecule has 0 radical (unpaired) electrons. The standard InChI is InChI=1S/C13H13ClN2O2/c1-17-12-5-2-10(3-6-12)9-18-13-7-4-11(8-14)15-16-13/h2-7H,8-9H2,1H3. The van der Waals surface area contributed by atoms with Crippen molar-refractivity contribution >= 4 is 11.6 Å². The fraction of sp³-hybridized carbons (Fsp3) is 0.231. The van der Waals surface area contributed by atoms with Gasteiger partial charge in [-0.3, -0.25) is 0 Å². The number of methoxy groups -OCH3 is 1. The maximum Gasteiger partial charge on any atom is 0.233 e. The van der Waals surface area contributed by atoms with E-state index in [9.17, 15) is 0 Å². The third kappa shape index (κ3) is 3.34. The van der Waals surface area contributed by atoms with E-state index >= 15 is 0 Å². The summed E-state index contributed by atoms with van der Waals surface area (Å²) in [7, 11) is 1.64. The first-order valence-corrected chi connectivity index (χ1v) is 5.99. The molecule has 0 aliphatic heterocycles. The number of aromatic nitrogens is 2. The van der Waals surface area contributed by atoms with E-state index < -0.39 is 0 Å². The molecule has 0 aliphatic rings. The first-order chi connectivity index (χ1) is 8.81. The molecule has 0 bridgehead atoms. The Bertz CT molecular complexity index is 438. The van der Waals surface area contributed by atoms with Crippen LogP contribution < -0.4 is 9.47 Å². The third-order valence-corrected chi connectivity index (χ3v) is 2.65. The van der Waals surface area contributed by atoms with Gasteiger partial charge in [-0.15, -0.1) is 16.7 Å².